The molecular formula is C11H16N2O2. The summed E-state index contributed by atoms with van der Waals surface area (Å²) in [5.41, 5.74) is 5.49. The summed E-state index contributed by atoms with van der Waals surface area (Å²) < 4.78 is 5.21. The summed E-state index contributed by atoms with van der Waals surface area (Å²) in [5.74, 6) is 5.65. The second kappa shape index (κ2) is 4.31. The highest BCUT2D eigenvalue weighted by Gasteiger charge is 2.15. The number of hydrogen-bond acceptors (Lipinski definition) is 3. The maximum atomic E-state index is 11.5. The Balaban J connectivity index is 3.42. The number of ether oxygens (including phenoxy) is 1. The van der Waals surface area contributed by atoms with Crippen LogP contribution < -0.4 is 16.0 Å². The SMILES string of the molecule is COc1cc(C)c(C(=O)NN)c(C)c1C. The van der Waals surface area contributed by atoms with Crippen LogP contribution in [0.1, 0.15) is 27.0 Å². The van der Waals surface area contributed by atoms with Gasteiger partial charge in [-0.3, -0.25) is 10.2 Å². The van der Waals surface area contributed by atoms with Crippen LogP contribution in [0.15, 0.2) is 6.07 Å². The Kier molecular flexibility index (Phi) is 3.31. The number of carbonyl (C=O) groups excluding carboxylic acids is 1. The van der Waals surface area contributed by atoms with Crippen molar-refractivity contribution in [3.63, 3.8) is 0 Å². The molecule has 4 heteroatoms. The van der Waals surface area contributed by atoms with E-state index in [0.717, 1.165) is 22.4 Å². The lowest BCUT2D eigenvalue weighted by Gasteiger charge is -2.14. The molecule has 0 aliphatic heterocycles. The van der Waals surface area contributed by atoms with Crippen LogP contribution in [-0.2, 0) is 0 Å². The van der Waals surface area contributed by atoms with Gasteiger partial charge in [0.1, 0.15) is 5.75 Å². The molecule has 1 aromatic carbocycles. The monoisotopic (exact) mass is 208 g/mol. The first-order valence-electron chi connectivity index (χ1n) is 4.68. The lowest BCUT2D eigenvalue weighted by Crippen LogP contribution is -2.31. The smallest absolute Gasteiger partial charge is 0.265 e. The molecule has 0 radical (unpaired) electrons. The highest BCUT2D eigenvalue weighted by Crippen LogP contribution is 2.27. The molecular weight excluding hydrogens is 192 g/mol. The fourth-order valence-electron chi connectivity index (χ4n) is 1.68. The third kappa shape index (κ3) is 1.94. The number of amides is 1. The van der Waals surface area contributed by atoms with Gasteiger partial charge in [-0.05, 0) is 43.5 Å². The maximum Gasteiger partial charge on any atom is 0.265 e. The Hall–Kier alpha value is -1.55. The van der Waals surface area contributed by atoms with E-state index in [1.807, 2.05) is 26.8 Å². The second-order valence-electron chi connectivity index (χ2n) is 3.49. The molecule has 0 heterocycles. The van der Waals surface area contributed by atoms with Crippen molar-refractivity contribution < 1.29 is 9.53 Å². The van der Waals surface area contributed by atoms with Gasteiger partial charge in [0, 0.05) is 5.56 Å². The summed E-state index contributed by atoms with van der Waals surface area (Å²) in [6, 6.07) is 1.84. The molecule has 1 aromatic rings. The predicted octanol–water partition coefficient (Wildman–Crippen LogP) is 1.22. The topological polar surface area (TPSA) is 64.3 Å². The molecule has 82 valence electrons. The highest BCUT2D eigenvalue weighted by molar-refractivity contribution is 5.97. The largest absolute Gasteiger partial charge is 0.496 e. The Morgan fingerprint density at radius 3 is 2.40 bits per heavy atom. The third-order valence-corrected chi connectivity index (χ3v) is 2.63. The minimum absolute atomic E-state index is 0.268. The van der Waals surface area contributed by atoms with E-state index in [9.17, 15) is 4.79 Å². The summed E-state index contributed by atoms with van der Waals surface area (Å²) in [6.45, 7) is 5.66. The normalized spacial score (nSPS) is 9.93. The first-order chi connectivity index (χ1) is 7.02. The lowest BCUT2D eigenvalue weighted by atomic mass is 9.97. The Labute approximate surface area is 89.4 Å². The molecule has 0 fully saturated rings. The molecule has 0 aliphatic carbocycles. The number of carbonyl (C=O) groups is 1. The standard InChI is InChI=1S/C11H16N2O2/c1-6-5-9(15-4)7(2)8(3)10(6)11(14)13-12/h5H,12H2,1-4H3,(H,13,14). The number of hydrazine groups is 1. The first-order valence-corrected chi connectivity index (χ1v) is 4.68. The van der Waals surface area contributed by atoms with Gasteiger partial charge in [-0.25, -0.2) is 5.84 Å². The molecule has 0 spiro atoms. The van der Waals surface area contributed by atoms with Crippen LogP contribution in [0.2, 0.25) is 0 Å². The average Bonchev–Trinajstić information content (AvgIpc) is 2.23. The van der Waals surface area contributed by atoms with E-state index in [1.165, 1.54) is 0 Å². The summed E-state index contributed by atoms with van der Waals surface area (Å²) in [6.07, 6.45) is 0. The van der Waals surface area contributed by atoms with E-state index in [4.69, 9.17) is 10.6 Å². The molecule has 0 aromatic heterocycles. The van der Waals surface area contributed by atoms with E-state index in [1.54, 1.807) is 7.11 Å². The summed E-state index contributed by atoms with van der Waals surface area (Å²) in [7, 11) is 1.61. The molecule has 4 nitrogen and oxygen atoms in total. The van der Waals surface area contributed by atoms with Gasteiger partial charge in [-0.15, -0.1) is 0 Å². The Morgan fingerprint density at radius 2 is 1.93 bits per heavy atom. The van der Waals surface area contributed by atoms with Gasteiger partial charge in [0.05, 0.1) is 7.11 Å². The van der Waals surface area contributed by atoms with Crippen molar-refractivity contribution in [1.29, 1.82) is 0 Å². The van der Waals surface area contributed by atoms with Crippen LogP contribution in [-0.4, -0.2) is 13.0 Å². The molecule has 0 bridgehead atoms. The molecule has 15 heavy (non-hydrogen) atoms. The van der Waals surface area contributed by atoms with Gasteiger partial charge in [0.2, 0.25) is 0 Å². The van der Waals surface area contributed by atoms with Crippen LogP contribution in [0.3, 0.4) is 0 Å². The predicted molar refractivity (Wildman–Crippen MR) is 58.9 cm³/mol. The number of rotatable bonds is 2. The zero-order chi connectivity index (χ0) is 11.6. The van der Waals surface area contributed by atoms with Gasteiger partial charge in [-0.2, -0.15) is 0 Å². The highest BCUT2D eigenvalue weighted by atomic mass is 16.5. The fourth-order valence-corrected chi connectivity index (χ4v) is 1.68. The van der Waals surface area contributed by atoms with Gasteiger partial charge in [0.15, 0.2) is 0 Å². The van der Waals surface area contributed by atoms with E-state index in [0.29, 0.717) is 5.56 Å². The molecule has 0 saturated carbocycles. The van der Waals surface area contributed by atoms with Crippen molar-refractivity contribution in [2.24, 2.45) is 5.84 Å². The van der Waals surface area contributed by atoms with Crippen LogP contribution in [0.5, 0.6) is 5.75 Å². The van der Waals surface area contributed by atoms with Crippen molar-refractivity contribution >= 4 is 5.91 Å². The number of nitrogens with two attached hydrogens (primary N) is 1. The van der Waals surface area contributed by atoms with Gasteiger partial charge < -0.3 is 4.74 Å². The van der Waals surface area contributed by atoms with Gasteiger partial charge in [0.25, 0.3) is 5.91 Å². The van der Waals surface area contributed by atoms with Crippen molar-refractivity contribution in [3.05, 3.63) is 28.3 Å². The van der Waals surface area contributed by atoms with E-state index >= 15 is 0 Å². The molecule has 3 N–H and O–H groups in total. The molecule has 0 atom stereocenters. The van der Waals surface area contributed by atoms with Crippen LogP contribution in [0.4, 0.5) is 0 Å². The third-order valence-electron chi connectivity index (χ3n) is 2.63. The maximum absolute atomic E-state index is 11.5. The minimum atomic E-state index is -0.268. The van der Waals surface area contributed by atoms with E-state index < -0.39 is 0 Å². The minimum Gasteiger partial charge on any atom is -0.496 e. The molecule has 0 aliphatic rings. The number of methoxy groups -OCH3 is 1. The van der Waals surface area contributed by atoms with Crippen LogP contribution in [0.25, 0.3) is 0 Å². The zero-order valence-electron chi connectivity index (χ0n) is 9.47. The van der Waals surface area contributed by atoms with E-state index in [-0.39, 0.29) is 5.91 Å². The van der Waals surface area contributed by atoms with Crippen molar-refractivity contribution in [1.82, 2.24) is 5.43 Å². The summed E-state index contributed by atoms with van der Waals surface area (Å²) in [4.78, 5) is 11.5. The van der Waals surface area contributed by atoms with Gasteiger partial charge in [-0.1, -0.05) is 0 Å². The van der Waals surface area contributed by atoms with Crippen molar-refractivity contribution in [2.75, 3.05) is 7.11 Å². The molecule has 0 saturated heterocycles. The summed E-state index contributed by atoms with van der Waals surface area (Å²) >= 11 is 0. The van der Waals surface area contributed by atoms with Gasteiger partial charge >= 0.3 is 0 Å². The molecule has 1 rings (SSSR count). The number of aryl methyl sites for hydroxylation is 1. The number of nitrogen functional groups attached to an aromatic ring is 1. The van der Waals surface area contributed by atoms with Crippen molar-refractivity contribution in [2.45, 2.75) is 20.8 Å². The summed E-state index contributed by atoms with van der Waals surface area (Å²) in [5, 5.41) is 0. The van der Waals surface area contributed by atoms with E-state index in [2.05, 4.69) is 5.43 Å². The number of benzene rings is 1. The van der Waals surface area contributed by atoms with Crippen LogP contribution in [0, 0.1) is 20.8 Å². The Bertz CT molecular complexity index is 400. The zero-order valence-corrected chi connectivity index (χ0v) is 9.47. The number of nitrogens with one attached hydrogen (secondary N) is 1. The lowest BCUT2D eigenvalue weighted by molar-refractivity contribution is 0.0952. The Morgan fingerprint density at radius 1 is 1.33 bits per heavy atom. The average molecular weight is 208 g/mol. The first kappa shape index (κ1) is 11.5. The molecule has 0 unspecified atom stereocenters. The number of hydrogen-bond donors (Lipinski definition) is 2. The van der Waals surface area contributed by atoms with Crippen molar-refractivity contribution in [3.8, 4) is 5.75 Å². The fraction of sp³-hybridized carbons (Fsp3) is 0.364. The second-order valence-corrected chi connectivity index (χ2v) is 3.49. The molecule has 1 amide bonds. The van der Waals surface area contributed by atoms with Crippen LogP contribution >= 0.6 is 0 Å². The quantitative estimate of drug-likeness (QED) is 0.436.